The summed E-state index contributed by atoms with van der Waals surface area (Å²) >= 11 is 0. The van der Waals surface area contributed by atoms with Crippen molar-refractivity contribution in [2.45, 2.75) is 245 Å². The average Bonchev–Trinajstić information content (AvgIpc) is 3.28. The van der Waals surface area contributed by atoms with Gasteiger partial charge in [-0.25, -0.2) is 0 Å². The molecular formula is C57H96O6. The second-order valence-electron chi connectivity index (χ2n) is 17.0. The van der Waals surface area contributed by atoms with E-state index in [2.05, 4.69) is 106 Å². The minimum atomic E-state index is -0.795. The Bertz CT molecular complexity index is 1240. The summed E-state index contributed by atoms with van der Waals surface area (Å²) < 4.78 is 16.8. The highest BCUT2D eigenvalue weighted by Gasteiger charge is 2.19. The maximum Gasteiger partial charge on any atom is 0.306 e. The summed E-state index contributed by atoms with van der Waals surface area (Å²) in [6, 6.07) is 0. The maximum absolute atomic E-state index is 12.8. The van der Waals surface area contributed by atoms with Crippen molar-refractivity contribution in [1.82, 2.24) is 0 Å². The summed E-state index contributed by atoms with van der Waals surface area (Å²) in [7, 11) is 0. The van der Waals surface area contributed by atoms with Crippen LogP contribution in [0.1, 0.15) is 239 Å². The first-order valence-electron chi connectivity index (χ1n) is 26.1. The Morgan fingerprint density at radius 2 is 0.619 bits per heavy atom. The molecule has 0 spiro atoms. The predicted molar refractivity (Wildman–Crippen MR) is 270 cm³/mol. The van der Waals surface area contributed by atoms with Gasteiger partial charge in [0.1, 0.15) is 13.2 Å². The van der Waals surface area contributed by atoms with Crippen LogP contribution in [0.25, 0.3) is 0 Å². The van der Waals surface area contributed by atoms with Gasteiger partial charge in [0.2, 0.25) is 0 Å². The van der Waals surface area contributed by atoms with Gasteiger partial charge in [-0.15, -0.1) is 0 Å². The fourth-order valence-electron chi connectivity index (χ4n) is 7.04. The van der Waals surface area contributed by atoms with Crippen LogP contribution in [0.5, 0.6) is 0 Å². The molecule has 0 N–H and O–H groups in total. The van der Waals surface area contributed by atoms with Crippen molar-refractivity contribution in [2.24, 2.45) is 0 Å². The third-order valence-electron chi connectivity index (χ3n) is 10.9. The van der Waals surface area contributed by atoms with Gasteiger partial charge in [0.05, 0.1) is 0 Å². The number of hydrogen-bond donors (Lipinski definition) is 0. The molecule has 63 heavy (non-hydrogen) atoms. The first kappa shape index (κ1) is 59.6. The van der Waals surface area contributed by atoms with Crippen LogP contribution in [0.15, 0.2) is 85.1 Å². The Balaban J connectivity index is 4.46. The third kappa shape index (κ3) is 49.5. The van der Waals surface area contributed by atoms with Crippen molar-refractivity contribution in [1.29, 1.82) is 0 Å². The molecule has 1 atom stereocenters. The summed E-state index contributed by atoms with van der Waals surface area (Å²) in [5.74, 6) is -0.935. The zero-order valence-corrected chi connectivity index (χ0v) is 41.1. The van der Waals surface area contributed by atoms with E-state index >= 15 is 0 Å². The summed E-state index contributed by atoms with van der Waals surface area (Å²) in [5, 5.41) is 0. The lowest BCUT2D eigenvalue weighted by Gasteiger charge is -2.18. The summed E-state index contributed by atoms with van der Waals surface area (Å²) in [4.78, 5) is 38.0. The van der Waals surface area contributed by atoms with Crippen LogP contribution < -0.4 is 0 Å². The lowest BCUT2D eigenvalue weighted by molar-refractivity contribution is -0.167. The van der Waals surface area contributed by atoms with E-state index in [1.807, 2.05) is 0 Å². The number of esters is 3. The molecule has 0 fully saturated rings. The molecule has 0 bridgehead atoms. The smallest absolute Gasteiger partial charge is 0.306 e. The highest BCUT2D eigenvalue weighted by atomic mass is 16.6. The monoisotopic (exact) mass is 877 g/mol. The molecule has 1 unspecified atom stereocenters. The predicted octanol–water partition coefficient (Wildman–Crippen LogP) is 17.2. The number of ether oxygens (including phenoxy) is 3. The van der Waals surface area contributed by atoms with Crippen LogP contribution in [-0.4, -0.2) is 37.2 Å². The van der Waals surface area contributed by atoms with Gasteiger partial charge in [-0.1, -0.05) is 215 Å². The van der Waals surface area contributed by atoms with E-state index in [4.69, 9.17) is 14.2 Å². The second kappa shape index (κ2) is 51.2. The Morgan fingerprint density at radius 3 is 0.984 bits per heavy atom. The highest BCUT2D eigenvalue weighted by Crippen LogP contribution is 2.15. The van der Waals surface area contributed by atoms with E-state index in [-0.39, 0.29) is 31.1 Å². The first-order valence-corrected chi connectivity index (χ1v) is 26.1. The van der Waals surface area contributed by atoms with E-state index in [1.54, 1.807) is 0 Å². The van der Waals surface area contributed by atoms with Crippen molar-refractivity contribution in [3.8, 4) is 0 Å². The number of carbonyl (C=O) groups excluding carboxylic acids is 3. The maximum atomic E-state index is 12.8. The van der Waals surface area contributed by atoms with Gasteiger partial charge in [0.15, 0.2) is 6.10 Å². The molecule has 0 aromatic carbocycles. The van der Waals surface area contributed by atoms with E-state index < -0.39 is 6.10 Å². The van der Waals surface area contributed by atoms with Crippen LogP contribution in [0.3, 0.4) is 0 Å². The van der Waals surface area contributed by atoms with Crippen LogP contribution in [0.2, 0.25) is 0 Å². The van der Waals surface area contributed by atoms with Crippen molar-refractivity contribution in [2.75, 3.05) is 13.2 Å². The molecule has 0 aliphatic carbocycles. The minimum Gasteiger partial charge on any atom is -0.462 e. The van der Waals surface area contributed by atoms with Gasteiger partial charge >= 0.3 is 17.9 Å². The zero-order chi connectivity index (χ0) is 45.8. The fraction of sp³-hybridized carbons (Fsp3) is 0.702. The summed E-state index contributed by atoms with van der Waals surface area (Å²) in [6.45, 7) is 6.37. The fourth-order valence-corrected chi connectivity index (χ4v) is 7.04. The zero-order valence-electron chi connectivity index (χ0n) is 41.1. The van der Waals surface area contributed by atoms with Crippen LogP contribution in [0.4, 0.5) is 0 Å². The number of hydrogen-bond acceptors (Lipinski definition) is 6. The molecular weight excluding hydrogens is 781 g/mol. The molecule has 0 aliphatic heterocycles. The van der Waals surface area contributed by atoms with E-state index in [0.29, 0.717) is 19.3 Å². The standard InChI is InChI=1S/C57H96O6/c1-4-7-10-13-16-19-22-25-27-29-32-35-38-41-44-47-50-56(59)62-53-54(52-61-55(58)49-46-43-40-37-34-31-24-21-18-15-12-9-6-3)63-57(60)51-48-45-42-39-36-33-30-28-26-23-20-17-14-11-8-5-2/h7-8,10-11,16-17,19-20,25-28,32,35,54H,4-6,9,12-15,18,21-24,29-31,33-34,36-53H2,1-3H3/b10-7-,11-8-,19-16-,20-17-,27-25-,28-26-,35-32-. The molecule has 0 aromatic heterocycles. The third-order valence-corrected chi connectivity index (χ3v) is 10.9. The molecule has 0 aliphatic rings. The van der Waals surface area contributed by atoms with Crippen LogP contribution >= 0.6 is 0 Å². The molecule has 360 valence electrons. The number of allylic oxidation sites excluding steroid dienone is 14. The van der Waals surface area contributed by atoms with Crippen molar-refractivity contribution in [3.63, 3.8) is 0 Å². The number of carbonyl (C=O) groups is 3. The van der Waals surface area contributed by atoms with Gasteiger partial charge in [-0.3, -0.25) is 14.4 Å². The molecule has 0 saturated heterocycles. The van der Waals surface area contributed by atoms with Crippen molar-refractivity contribution >= 4 is 17.9 Å². The quantitative estimate of drug-likeness (QED) is 0.0262. The van der Waals surface area contributed by atoms with Gasteiger partial charge in [0, 0.05) is 19.3 Å². The van der Waals surface area contributed by atoms with E-state index in [1.165, 1.54) is 77.0 Å². The Hall–Kier alpha value is -3.41. The van der Waals surface area contributed by atoms with E-state index in [0.717, 1.165) is 122 Å². The molecule has 0 aromatic rings. The lowest BCUT2D eigenvalue weighted by Crippen LogP contribution is -2.30. The normalized spacial score (nSPS) is 12.7. The van der Waals surface area contributed by atoms with Crippen LogP contribution in [0, 0.1) is 0 Å². The molecule has 0 saturated carbocycles. The van der Waals surface area contributed by atoms with Gasteiger partial charge < -0.3 is 14.2 Å². The van der Waals surface area contributed by atoms with Gasteiger partial charge in [-0.05, 0) is 89.9 Å². The second-order valence-corrected chi connectivity index (χ2v) is 17.0. The first-order chi connectivity index (χ1) is 31.0. The Kier molecular flexibility index (Phi) is 48.5. The minimum absolute atomic E-state index is 0.0911. The van der Waals surface area contributed by atoms with Gasteiger partial charge in [-0.2, -0.15) is 0 Å². The number of unbranched alkanes of at least 4 members (excludes halogenated alkanes) is 21. The molecule has 6 nitrogen and oxygen atoms in total. The van der Waals surface area contributed by atoms with Gasteiger partial charge in [0.25, 0.3) is 0 Å². The summed E-state index contributed by atoms with van der Waals surface area (Å²) in [6.07, 6.45) is 65.6. The molecule has 0 radical (unpaired) electrons. The Morgan fingerprint density at radius 1 is 0.333 bits per heavy atom. The SMILES string of the molecule is CC/C=C\C/C=C\C/C=C\C/C=C\CCCCCC(=O)OCC(COC(=O)CCCCCCCCCCCCCCC)OC(=O)CCCCCCCC/C=C\C/C=C\C/C=C\CC. The topological polar surface area (TPSA) is 78.9 Å². The highest BCUT2D eigenvalue weighted by molar-refractivity contribution is 5.71. The average molecular weight is 877 g/mol. The largest absolute Gasteiger partial charge is 0.462 e. The Labute approximate surface area is 388 Å². The van der Waals surface area contributed by atoms with Crippen LogP contribution in [-0.2, 0) is 28.6 Å². The van der Waals surface area contributed by atoms with E-state index in [9.17, 15) is 14.4 Å². The molecule has 0 heterocycles. The lowest BCUT2D eigenvalue weighted by atomic mass is 10.0. The van der Waals surface area contributed by atoms with Crippen molar-refractivity contribution < 1.29 is 28.6 Å². The summed E-state index contributed by atoms with van der Waals surface area (Å²) in [5.41, 5.74) is 0. The van der Waals surface area contributed by atoms with Crippen molar-refractivity contribution in [3.05, 3.63) is 85.1 Å². The molecule has 6 heteroatoms. The molecule has 0 rings (SSSR count). The number of rotatable bonds is 46. The molecule has 0 amide bonds.